The first-order chi connectivity index (χ1) is 7.11. The van der Waals surface area contributed by atoms with Crippen molar-refractivity contribution < 1.29 is 18.3 Å². The zero-order valence-electron chi connectivity index (χ0n) is 8.02. The molecular weight excluding hydrogens is 270 g/mol. The lowest BCUT2D eigenvalue weighted by Gasteiger charge is -2.10. The summed E-state index contributed by atoms with van der Waals surface area (Å²) in [6.07, 6.45) is 1.15. The van der Waals surface area contributed by atoms with Crippen molar-refractivity contribution in [2.24, 2.45) is 0 Å². The molecule has 0 saturated carbocycles. The molecule has 0 aliphatic rings. The molecule has 5 heteroatoms. The van der Waals surface area contributed by atoms with E-state index >= 15 is 0 Å². The molecular formula is C10H9BrF2O2. The number of aldehydes is 1. The number of hydrogen-bond acceptors (Lipinski definition) is 2. The zero-order chi connectivity index (χ0) is 11.4. The van der Waals surface area contributed by atoms with Crippen molar-refractivity contribution in [3.05, 3.63) is 27.7 Å². The Morgan fingerprint density at radius 3 is 2.73 bits per heavy atom. The Hall–Kier alpha value is -0.970. The third-order valence-electron chi connectivity index (χ3n) is 1.93. The number of rotatable bonds is 4. The summed E-state index contributed by atoms with van der Waals surface area (Å²) in [6.45, 7) is 0. The van der Waals surface area contributed by atoms with Crippen molar-refractivity contribution >= 4 is 22.2 Å². The molecule has 0 heterocycles. The van der Waals surface area contributed by atoms with Crippen LogP contribution in [0.1, 0.15) is 12.0 Å². The van der Waals surface area contributed by atoms with Gasteiger partial charge in [0.15, 0.2) is 11.6 Å². The lowest BCUT2D eigenvalue weighted by Crippen LogP contribution is -1.99. The van der Waals surface area contributed by atoms with Crippen LogP contribution in [0.15, 0.2) is 10.5 Å². The van der Waals surface area contributed by atoms with Crippen LogP contribution in [0.5, 0.6) is 5.75 Å². The molecule has 0 N–H and O–H groups in total. The average molecular weight is 279 g/mol. The van der Waals surface area contributed by atoms with Crippen molar-refractivity contribution in [1.82, 2.24) is 0 Å². The van der Waals surface area contributed by atoms with Crippen LogP contribution < -0.4 is 4.74 Å². The zero-order valence-corrected chi connectivity index (χ0v) is 9.61. The van der Waals surface area contributed by atoms with Gasteiger partial charge in [-0.1, -0.05) is 0 Å². The van der Waals surface area contributed by atoms with E-state index in [4.69, 9.17) is 4.74 Å². The minimum Gasteiger partial charge on any atom is -0.493 e. The van der Waals surface area contributed by atoms with Gasteiger partial charge in [0.1, 0.15) is 12.1 Å². The highest BCUT2D eigenvalue weighted by molar-refractivity contribution is 9.10. The second kappa shape index (κ2) is 5.21. The van der Waals surface area contributed by atoms with Gasteiger partial charge in [-0.3, -0.25) is 0 Å². The number of aryl methyl sites for hydroxylation is 1. The molecule has 0 aromatic heterocycles. The summed E-state index contributed by atoms with van der Waals surface area (Å²) < 4.78 is 31.2. The van der Waals surface area contributed by atoms with Crippen molar-refractivity contribution in [2.45, 2.75) is 12.8 Å². The van der Waals surface area contributed by atoms with Gasteiger partial charge in [-0.2, -0.15) is 0 Å². The fourth-order valence-electron chi connectivity index (χ4n) is 1.25. The summed E-state index contributed by atoms with van der Waals surface area (Å²) in [7, 11) is 1.30. The predicted octanol–water partition coefficient (Wildman–Crippen LogP) is 2.87. The predicted molar refractivity (Wildman–Crippen MR) is 55.0 cm³/mol. The first-order valence-electron chi connectivity index (χ1n) is 4.25. The summed E-state index contributed by atoms with van der Waals surface area (Å²) in [5.41, 5.74) is 0.350. The van der Waals surface area contributed by atoms with Crippen LogP contribution in [-0.4, -0.2) is 13.4 Å². The van der Waals surface area contributed by atoms with Crippen LogP contribution in [0.4, 0.5) is 8.78 Å². The molecule has 0 atom stereocenters. The SMILES string of the molecule is COc1c(CCC=O)cc(F)c(Br)c1F. The third kappa shape index (κ3) is 2.53. The fourth-order valence-corrected chi connectivity index (χ4v) is 1.54. The lowest BCUT2D eigenvalue weighted by molar-refractivity contribution is -0.107. The van der Waals surface area contributed by atoms with Gasteiger partial charge in [0.05, 0.1) is 11.6 Å². The van der Waals surface area contributed by atoms with Crippen LogP contribution in [0.2, 0.25) is 0 Å². The molecule has 1 aromatic carbocycles. The monoisotopic (exact) mass is 278 g/mol. The Labute approximate surface area is 94.4 Å². The van der Waals surface area contributed by atoms with E-state index in [0.717, 1.165) is 6.07 Å². The van der Waals surface area contributed by atoms with E-state index in [1.807, 2.05) is 0 Å². The van der Waals surface area contributed by atoms with E-state index in [1.54, 1.807) is 0 Å². The van der Waals surface area contributed by atoms with E-state index in [-0.39, 0.29) is 23.1 Å². The molecule has 0 saturated heterocycles. The summed E-state index contributed by atoms with van der Waals surface area (Å²) in [6, 6.07) is 1.16. The van der Waals surface area contributed by atoms with Gasteiger partial charge in [0, 0.05) is 12.0 Å². The quantitative estimate of drug-likeness (QED) is 0.625. The maximum Gasteiger partial charge on any atom is 0.182 e. The number of carbonyl (C=O) groups is 1. The second-order valence-corrected chi connectivity index (χ2v) is 3.68. The van der Waals surface area contributed by atoms with E-state index in [9.17, 15) is 13.6 Å². The topological polar surface area (TPSA) is 26.3 Å². The Morgan fingerprint density at radius 1 is 1.53 bits per heavy atom. The molecule has 0 unspecified atom stereocenters. The highest BCUT2D eigenvalue weighted by Gasteiger charge is 2.16. The van der Waals surface area contributed by atoms with Crippen molar-refractivity contribution in [2.75, 3.05) is 7.11 Å². The molecule has 0 spiro atoms. The largest absolute Gasteiger partial charge is 0.493 e. The average Bonchev–Trinajstić information content (AvgIpc) is 2.23. The molecule has 0 amide bonds. The Balaban J connectivity index is 3.19. The van der Waals surface area contributed by atoms with Crippen LogP contribution in [0.25, 0.3) is 0 Å². The van der Waals surface area contributed by atoms with Crippen molar-refractivity contribution in [3.63, 3.8) is 0 Å². The van der Waals surface area contributed by atoms with E-state index < -0.39 is 11.6 Å². The lowest BCUT2D eigenvalue weighted by atomic mass is 10.1. The molecule has 15 heavy (non-hydrogen) atoms. The Bertz CT molecular complexity index is 380. The highest BCUT2D eigenvalue weighted by Crippen LogP contribution is 2.32. The fraction of sp³-hybridized carbons (Fsp3) is 0.300. The van der Waals surface area contributed by atoms with Gasteiger partial charge in [-0.05, 0) is 28.4 Å². The van der Waals surface area contributed by atoms with Crippen LogP contribution in [-0.2, 0) is 11.2 Å². The highest BCUT2D eigenvalue weighted by atomic mass is 79.9. The number of ether oxygens (including phenoxy) is 1. The number of halogens is 3. The maximum atomic E-state index is 13.5. The van der Waals surface area contributed by atoms with E-state index in [0.29, 0.717) is 11.8 Å². The molecule has 0 radical (unpaired) electrons. The minimum absolute atomic E-state index is 0.0230. The van der Waals surface area contributed by atoms with Gasteiger partial charge in [-0.15, -0.1) is 0 Å². The Kier molecular flexibility index (Phi) is 4.20. The van der Waals surface area contributed by atoms with Crippen LogP contribution >= 0.6 is 15.9 Å². The van der Waals surface area contributed by atoms with Gasteiger partial charge in [0.2, 0.25) is 0 Å². The standard InChI is InChI=1S/C10H9BrF2O2/c1-15-10-6(3-2-4-14)5-7(12)8(11)9(10)13/h4-5H,2-3H2,1H3. The van der Waals surface area contributed by atoms with Gasteiger partial charge in [0.25, 0.3) is 0 Å². The summed E-state index contributed by atoms with van der Waals surface area (Å²) in [5.74, 6) is -1.50. The van der Waals surface area contributed by atoms with Crippen molar-refractivity contribution in [3.8, 4) is 5.75 Å². The molecule has 2 nitrogen and oxygen atoms in total. The normalized spacial score (nSPS) is 10.1. The first-order valence-corrected chi connectivity index (χ1v) is 5.05. The van der Waals surface area contributed by atoms with Gasteiger partial charge in [-0.25, -0.2) is 8.78 Å². The number of methoxy groups -OCH3 is 1. The van der Waals surface area contributed by atoms with Gasteiger partial charge >= 0.3 is 0 Å². The molecule has 1 aromatic rings. The summed E-state index contributed by atoms with van der Waals surface area (Å²) in [5, 5.41) is 0. The summed E-state index contributed by atoms with van der Waals surface area (Å²) >= 11 is 2.77. The van der Waals surface area contributed by atoms with E-state index in [2.05, 4.69) is 15.9 Å². The molecule has 0 bridgehead atoms. The third-order valence-corrected chi connectivity index (χ3v) is 2.66. The van der Waals surface area contributed by atoms with Gasteiger partial charge < -0.3 is 9.53 Å². The number of hydrogen-bond donors (Lipinski definition) is 0. The summed E-state index contributed by atoms with van der Waals surface area (Å²) in [4.78, 5) is 10.2. The molecule has 1 rings (SSSR count). The smallest absolute Gasteiger partial charge is 0.182 e. The molecule has 0 fully saturated rings. The van der Waals surface area contributed by atoms with E-state index in [1.165, 1.54) is 7.11 Å². The minimum atomic E-state index is -0.779. The van der Waals surface area contributed by atoms with Crippen LogP contribution in [0, 0.1) is 11.6 Å². The van der Waals surface area contributed by atoms with Crippen LogP contribution in [0.3, 0.4) is 0 Å². The molecule has 0 aliphatic heterocycles. The first kappa shape index (κ1) is 12.1. The Morgan fingerprint density at radius 2 is 2.20 bits per heavy atom. The molecule has 82 valence electrons. The molecule has 0 aliphatic carbocycles. The second-order valence-electron chi connectivity index (χ2n) is 2.88. The maximum absolute atomic E-state index is 13.5. The number of benzene rings is 1. The van der Waals surface area contributed by atoms with Crippen molar-refractivity contribution in [1.29, 1.82) is 0 Å². The number of carbonyl (C=O) groups excluding carboxylic acids is 1.